The van der Waals surface area contributed by atoms with Crippen LogP contribution in [-0.2, 0) is 4.79 Å². The standard InChI is InChI=1S/C20H41NO2/c1-7-8-9-10-11-12-13-14-15-16-17-20(2,3)18(19(22)23)21(4,5)6/h18H,7-17H2,1-6H3. The van der Waals surface area contributed by atoms with Crippen molar-refractivity contribution in [2.45, 2.75) is 97.4 Å². The number of hydrogen-bond acceptors (Lipinski definition) is 2. The van der Waals surface area contributed by atoms with Crippen LogP contribution >= 0.6 is 0 Å². The van der Waals surface area contributed by atoms with Gasteiger partial charge in [-0.2, -0.15) is 0 Å². The Kier molecular flexibility index (Phi) is 10.8. The summed E-state index contributed by atoms with van der Waals surface area (Å²) in [7, 11) is 5.84. The summed E-state index contributed by atoms with van der Waals surface area (Å²) >= 11 is 0. The summed E-state index contributed by atoms with van der Waals surface area (Å²) in [6.07, 6.45) is 14.1. The van der Waals surface area contributed by atoms with Crippen molar-refractivity contribution in [3.63, 3.8) is 0 Å². The van der Waals surface area contributed by atoms with Crippen LogP contribution in [0.1, 0.15) is 91.4 Å². The highest BCUT2D eigenvalue weighted by Crippen LogP contribution is 2.32. The Morgan fingerprint density at radius 1 is 0.870 bits per heavy atom. The Balaban J connectivity index is 3.91. The summed E-state index contributed by atoms with van der Waals surface area (Å²) in [6.45, 7) is 6.40. The number of carbonyl (C=O) groups excluding carboxylic acids is 1. The average Bonchev–Trinajstić information content (AvgIpc) is 2.38. The number of carbonyl (C=O) groups is 1. The van der Waals surface area contributed by atoms with Gasteiger partial charge < -0.3 is 14.4 Å². The molecule has 0 radical (unpaired) electrons. The minimum atomic E-state index is -0.922. The number of rotatable bonds is 14. The largest absolute Gasteiger partial charge is 0.544 e. The molecule has 0 aliphatic rings. The third kappa shape index (κ3) is 10.0. The molecule has 0 saturated carbocycles. The van der Waals surface area contributed by atoms with E-state index in [1.807, 2.05) is 21.1 Å². The van der Waals surface area contributed by atoms with Crippen LogP contribution in [0.3, 0.4) is 0 Å². The number of aliphatic carboxylic acids is 1. The van der Waals surface area contributed by atoms with E-state index in [1.54, 1.807) is 0 Å². The molecule has 1 atom stereocenters. The lowest BCUT2D eigenvalue weighted by Crippen LogP contribution is -2.61. The number of carboxylic acids is 1. The number of quaternary nitrogens is 1. The number of unbranched alkanes of at least 4 members (excludes halogenated alkanes) is 9. The molecule has 3 heteroatoms. The summed E-state index contributed by atoms with van der Waals surface area (Å²) in [5, 5.41) is 11.5. The Bertz CT molecular complexity index is 318. The number of carboxylic acid groups (broad SMARTS) is 1. The lowest BCUT2D eigenvalue weighted by molar-refractivity contribution is -0.896. The minimum absolute atomic E-state index is 0.225. The predicted octanol–water partition coefficient (Wildman–Crippen LogP) is 4.15. The van der Waals surface area contributed by atoms with Crippen molar-refractivity contribution in [1.82, 2.24) is 0 Å². The highest BCUT2D eigenvalue weighted by molar-refractivity contribution is 5.70. The van der Waals surface area contributed by atoms with Crippen LogP contribution in [0.5, 0.6) is 0 Å². The molecular formula is C20H41NO2. The molecule has 138 valence electrons. The number of likely N-dealkylation sites (N-methyl/N-ethyl adjacent to an activating group) is 1. The van der Waals surface area contributed by atoms with Gasteiger partial charge in [-0.3, -0.25) is 0 Å². The van der Waals surface area contributed by atoms with Crippen molar-refractivity contribution in [2.24, 2.45) is 5.41 Å². The van der Waals surface area contributed by atoms with Gasteiger partial charge in [0.05, 0.1) is 27.1 Å². The summed E-state index contributed by atoms with van der Waals surface area (Å²) in [6, 6.07) is -0.457. The first-order valence-electron chi connectivity index (χ1n) is 9.65. The first kappa shape index (κ1) is 22.4. The maximum Gasteiger partial charge on any atom is 0.134 e. The summed E-state index contributed by atoms with van der Waals surface area (Å²) in [5.74, 6) is -0.922. The molecule has 0 spiro atoms. The van der Waals surface area contributed by atoms with Crippen molar-refractivity contribution < 1.29 is 14.4 Å². The second-order valence-electron chi connectivity index (χ2n) is 8.76. The van der Waals surface area contributed by atoms with E-state index in [1.165, 1.54) is 57.8 Å². The van der Waals surface area contributed by atoms with E-state index < -0.39 is 12.0 Å². The fraction of sp³-hybridized carbons (Fsp3) is 0.950. The molecule has 0 aliphatic heterocycles. The fourth-order valence-electron chi connectivity index (χ4n) is 3.89. The smallest absolute Gasteiger partial charge is 0.134 e. The molecule has 0 aromatic rings. The molecule has 3 nitrogen and oxygen atoms in total. The zero-order valence-electron chi connectivity index (χ0n) is 16.6. The lowest BCUT2D eigenvalue weighted by atomic mass is 9.78. The van der Waals surface area contributed by atoms with E-state index in [0.29, 0.717) is 4.48 Å². The molecule has 1 unspecified atom stereocenters. The highest BCUT2D eigenvalue weighted by atomic mass is 16.4. The summed E-state index contributed by atoms with van der Waals surface area (Å²) in [5.41, 5.74) is -0.225. The van der Waals surface area contributed by atoms with Gasteiger partial charge in [0.25, 0.3) is 0 Å². The van der Waals surface area contributed by atoms with Gasteiger partial charge in [0.1, 0.15) is 6.04 Å². The van der Waals surface area contributed by atoms with Crippen LogP contribution in [-0.4, -0.2) is 37.6 Å². The molecule has 0 saturated heterocycles. The van der Waals surface area contributed by atoms with Crippen molar-refractivity contribution in [3.8, 4) is 0 Å². The summed E-state index contributed by atoms with van der Waals surface area (Å²) in [4.78, 5) is 11.5. The zero-order chi connectivity index (χ0) is 17.9. The van der Waals surface area contributed by atoms with Crippen LogP contribution in [0.25, 0.3) is 0 Å². The molecule has 0 aromatic heterocycles. The van der Waals surface area contributed by atoms with E-state index in [-0.39, 0.29) is 5.41 Å². The van der Waals surface area contributed by atoms with Gasteiger partial charge in [-0.1, -0.05) is 85.0 Å². The zero-order valence-corrected chi connectivity index (χ0v) is 16.6. The van der Waals surface area contributed by atoms with Gasteiger partial charge in [0.15, 0.2) is 0 Å². The van der Waals surface area contributed by atoms with E-state index in [9.17, 15) is 9.90 Å². The molecule has 0 amide bonds. The van der Waals surface area contributed by atoms with Crippen molar-refractivity contribution in [3.05, 3.63) is 0 Å². The minimum Gasteiger partial charge on any atom is -0.544 e. The maximum atomic E-state index is 11.5. The second-order valence-corrected chi connectivity index (χ2v) is 8.76. The molecule has 0 aromatic carbocycles. The third-order valence-electron chi connectivity index (χ3n) is 4.91. The van der Waals surface area contributed by atoms with E-state index in [2.05, 4.69) is 20.8 Å². The van der Waals surface area contributed by atoms with Crippen LogP contribution < -0.4 is 5.11 Å². The van der Waals surface area contributed by atoms with Crippen molar-refractivity contribution in [1.29, 1.82) is 0 Å². The number of hydrogen-bond donors (Lipinski definition) is 0. The third-order valence-corrected chi connectivity index (χ3v) is 4.91. The SMILES string of the molecule is CCCCCCCCCCCCC(C)(C)C(C(=O)[O-])[N+](C)(C)C. The van der Waals surface area contributed by atoms with Crippen molar-refractivity contribution >= 4 is 5.97 Å². The quantitative estimate of drug-likeness (QED) is 0.355. The molecule has 0 rings (SSSR count). The first-order valence-corrected chi connectivity index (χ1v) is 9.65. The Morgan fingerprint density at radius 3 is 1.61 bits per heavy atom. The molecular weight excluding hydrogens is 286 g/mol. The van der Waals surface area contributed by atoms with Crippen molar-refractivity contribution in [2.75, 3.05) is 21.1 Å². The molecule has 23 heavy (non-hydrogen) atoms. The monoisotopic (exact) mass is 327 g/mol. The van der Waals surface area contributed by atoms with Gasteiger partial charge >= 0.3 is 0 Å². The Labute approximate surface area is 145 Å². The molecule has 0 bridgehead atoms. The van der Waals surface area contributed by atoms with Gasteiger partial charge in [-0.15, -0.1) is 0 Å². The van der Waals surface area contributed by atoms with Crippen LogP contribution in [0, 0.1) is 5.41 Å². The van der Waals surface area contributed by atoms with E-state index in [4.69, 9.17) is 0 Å². The summed E-state index contributed by atoms with van der Waals surface area (Å²) < 4.78 is 0.424. The molecule has 0 fully saturated rings. The highest BCUT2D eigenvalue weighted by Gasteiger charge is 2.39. The van der Waals surface area contributed by atoms with Gasteiger partial charge in [-0.05, 0) is 6.42 Å². The van der Waals surface area contributed by atoms with E-state index >= 15 is 0 Å². The molecule has 0 heterocycles. The normalized spacial score (nSPS) is 14.0. The molecule has 0 N–H and O–H groups in total. The van der Waals surface area contributed by atoms with E-state index in [0.717, 1.165) is 12.8 Å². The van der Waals surface area contributed by atoms with Crippen LogP contribution in [0.2, 0.25) is 0 Å². The first-order chi connectivity index (χ1) is 10.6. The van der Waals surface area contributed by atoms with Gasteiger partial charge in [-0.25, -0.2) is 0 Å². The van der Waals surface area contributed by atoms with Gasteiger partial charge in [0.2, 0.25) is 0 Å². The Hall–Kier alpha value is -0.570. The van der Waals surface area contributed by atoms with Crippen LogP contribution in [0.15, 0.2) is 0 Å². The van der Waals surface area contributed by atoms with Crippen LogP contribution in [0.4, 0.5) is 0 Å². The average molecular weight is 328 g/mol. The van der Waals surface area contributed by atoms with Gasteiger partial charge in [0, 0.05) is 5.41 Å². The second kappa shape index (κ2) is 11.1. The topological polar surface area (TPSA) is 40.1 Å². The maximum absolute atomic E-state index is 11.5. The predicted molar refractivity (Wildman–Crippen MR) is 97.1 cm³/mol. The number of nitrogens with zero attached hydrogens (tertiary/aromatic N) is 1. The lowest BCUT2D eigenvalue weighted by Gasteiger charge is -2.44. The Morgan fingerprint density at radius 2 is 1.26 bits per heavy atom. The fourth-order valence-corrected chi connectivity index (χ4v) is 3.89. The molecule has 0 aliphatic carbocycles.